The molecule has 3 rings (SSSR count). The Kier molecular flexibility index (Phi) is 4.35. The van der Waals surface area contributed by atoms with Crippen LogP contribution in [0.1, 0.15) is 30.4 Å². The highest BCUT2D eigenvalue weighted by molar-refractivity contribution is 6.04. The highest BCUT2D eigenvalue weighted by Crippen LogP contribution is 2.30. The van der Waals surface area contributed by atoms with Gasteiger partial charge in [-0.25, -0.2) is 0 Å². The highest BCUT2D eigenvalue weighted by atomic mass is 16.6. The van der Waals surface area contributed by atoms with Crippen LogP contribution in [0.4, 0.5) is 0 Å². The minimum absolute atomic E-state index is 0.0790. The van der Waals surface area contributed by atoms with Gasteiger partial charge in [0.25, 0.3) is 5.91 Å². The predicted molar refractivity (Wildman–Crippen MR) is 83.2 cm³/mol. The molecular formula is C16H19N3O5. The summed E-state index contributed by atoms with van der Waals surface area (Å²) in [5.41, 5.74) is 5.37. The third-order valence-corrected chi connectivity index (χ3v) is 4.47. The predicted octanol–water partition coefficient (Wildman–Crippen LogP) is -0.0934. The van der Waals surface area contributed by atoms with Crippen LogP contribution in [0.5, 0.6) is 0 Å². The summed E-state index contributed by atoms with van der Waals surface area (Å²) in [5, 5.41) is 25.2. The maximum atomic E-state index is 12.3. The van der Waals surface area contributed by atoms with Crippen LogP contribution >= 0.6 is 0 Å². The molecule has 4 N–H and O–H groups in total. The second-order valence-corrected chi connectivity index (χ2v) is 6.05. The average molecular weight is 333 g/mol. The number of oxime groups is 1. The van der Waals surface area contributed by atoms with Crippen molar-refractivity contribution >= 4 is 17.4 Å². The van der Waals surface area contributed by atoms with E-state index >= 15 is 0 Å². The molecule has 1 saturated heterocycles. The van der Waals surface area contributed by atoms with Crippen LogP contribution in [0.2, 0.25) is 0 Å². The SMILES string of the molecule is NC(=O)C1CC(c2ccc(C3(O)CCN(O)CCC3=O)cc2)=NO1. The molecule has 0 bridgehead atoms. The maximum absolute atomic E-state index is 12.3. The number of nitrogens with two attached hydrogens (primary N) is 1. The summed E-state index contributed by atoms with van der Waals surface area (Å²) < 4.78 is 0. The van der Waals surface area contributed by atoms with E-state index in [0.29, 0.717) is 11.3 Å². The van der Waals surface area contributed by atoms with E-state index in [1.165, 1.54) is 0 Å². The topological polar surface area (TPSA) is 125 Å². The van der Waals surface area contributed by atoms with Crippen LogP contribution in [0.25, 0.3) is 0 Å². The summed E-state index contributed by atoms with van der Waals surface area (Å²) in [7, 11) is 0. The fourth-order valence-electron chi connectivity index (χ4n) is 2.92. The Bertz CT molecular complexity index is 687. The van der Waals surface area contributed by atoms with Crippen molar-refractivity contribution in [1.29, 1.82) is 0 Å². The number of hydrogen-bond donors (Lipinski definition) is 3. The van der Waals surface area contributed by atoms with Crippen LogP contribution in [0.15, 0.2) is 29.4 Å². The molecule has 2 unspecified atom stereocenters. The number of primary amides is 1. The van der Waals surface area contributed by atoms with Gasteiger partial charge in [0.15, 0.2) is 5.78 Å². The zero-order valence-corrected chi connectivity index (χ0v) is 13.0. The Morgan fingerprint density at radius 2 is 2.04 bits per heavy atom. The summed E-state index contributed by atoms with van der Waals surface area (Å²) in [6, 6.07) is 6.74. The van der Waals surface area contributed by atoms with Crippen molar-refractivity contribution in [2.24, 2.45) is 10.9 Å². The first-order chi connectivity index (χ1) is 11.4. The van der Waals surface area contributed by atoms with Crippen molar-refractivity contribution in [3.8, 4) is 0 Å². The van der Waals surface area contributed by atoms with E-state index in [9.17, 15) is 19.9 Å². The Labute approximate surface area is 138 Å². The van der Waals surface area contributed by atoms with Gasteiger partial charge in [0.2, 0.25) is 6.10 Å². The quantitative estimate of drug-likeness (QED) is 0.709. The molecule has 0 radical (unpaired) electrons. The Balaban J connectivity index is 1.79. The molecule has 0 aromatic heterocycles. The molecule has 2 aliphatic heterocycles. The van der Waals surface area contributed by atoms with E-state index in [1.54, 1.807) is 24.3 Å². The molecule has 8 nitrogen and oxygen atoms in total. The van der Waals surface area contributed by atoms with Gasteiger partial charge in [-0.15, -0.1) is 0 Å². The fraction of sp³-hybridized carbons (Fsp3) is 0.438. The first kappa shape index (κ1) is 16.6. The van der Waals surface area contributed by atoms with Gasteiger partial charge in [0.05, 0.1) is 5.71 Å². The summed E-state index contributed by atoms with van der Waals surface area (Å²) in [6.07, 6.45) is -0.273. The second-order valence-electron chi connectivity index (χ2n) is 6.05. The molecule has 1 aromatic rings. The van der Waals surface area contributed by atoms with Gasteiger partial charge in [-0.3, -0.25) is 9.59 Å². The third kappa shape index (κ3) is 3.03. The average Bonchev–Trinajstić information content (AvgIpc) is 3.03. The van der Waals surface area contributed by atoms with E-state index < -0.39 is 17.6 Å². The molecule has 2 atom stereocenters. The number of ketones is 1. The standard InChI is InChI=1S/C16H19N3O5/c17-15(21)13-9-12(18-24-13)10-1-3-11(4-2-10)16(22)6-8-19(23)7-5-14(16)20/h1-4,13,22-23H,5-9H2,(H2,17,21). The van der Waals surface area contributed by atoms with Crippen LogP contribution in [-0.4, -0.2) is 52.0 Å². The van der Waals surface area contributed by atoms with Gasteiger partial charge in [0, 0.05) is 32.4 Å². The molecule has 0 aliphatic carbocycles. The third-order valence-electron chi connectivity index (χ3n) is 4.47. The molecule has 24 heavy (non-hydrogen) atoms. The Morgan fingerprint density at radius 1 is 1.33 bits per heavy atom. The molecule has 0 spiro atoms. The van der Waals surface area contributed by atoms with Crippen molar-refractivity contribution in [3.05, 3.63) is 35.4 Å². The molecule has 2 heterocycles. The summed E-state index contributed by atoms with van der Waals surface area (Å²) in [6.45, 7) is 0.423. The van der Waals surface area contributed by atoms with Crippen molar-refractivity contribution in [2.75, 3.05) is 13.1 Å². The lowest BCUT2D eigenvalue weighted by molar-refractivity contribution is -0.138. The van der Waals surface area contributed by atoms with Gasteiger partial charge in [0.1, 0.15) is 5.60 Å². The zero-order valence-electron chi connectivity index (χ0n) is 13.0. The minimum atomic E-state index is -1.61. The number of hydrogen-bond acceptors (Lipinski definition) is 7. The first-order valence-electron chi connectivity index (χ1n) is 7.72. The van der Waals surface area contributed by atoms with Crippen LogP contribution in [-0.2, 0) is 20.0 Å². The number of amides is 1. The monoisotopic (exact) mass is 333 g/mol. The number of carbonyl (C=O) groups is 2. The van der Waals surface area contributed by atoms with Gasteiger partial charge in [-0.05, 0) is 11.1 Å². The molecule has 1 aromatic carbocycles. The number of nitrogens with zero attached hydrogens (tertiary/aromatic N) is 2. The molecule has 128 valence electrons. The van der Waals surface area contributed by atoms with E-state index in [2.05, 4.69) is 5.16 Å². The molecule has 0 saturated carbocycles. The second kappa shape index (κ2) is 6.31. The smallest absolute Gasteiger partial charge is 0.261 e. The lowest BCUT2D eigenvalue weighted by Crippen LogP contribution is -2.35. The van der Waals surface area contributed by atoms with E-state index in [0.717, 1.165) is 10.6 Å². The zero-order chi connectivity index (χ0) is 17.3. The lowest BCUT2D eigenvalue weighted by atomic mass is 9.85. The van der Waals surface area contributed by atoms with E-state index in [1.807, 2.05) is 0 Å². The van der Waals surface area contributed by atoms with Gasteiger partial charge in [-0.2, -0.15) is 5.06 Å². The number of Topliss-reactive ketones (excluding diaryl/α,β-unsaturated/α-hetero) is 1. The molecular weight excluding hydrogens is 314 g/mol. The largest absolute Gasteiger partial charge is 0.382 e. The van der Waals surface area contributed by atoms with Crippen LogP contribution in [0.3, 0.4) is 0 Å². The summed E-state index contributed by atoms with van der Waals surface area (Å²) in [4.78, 5) is 28.3. The van der Waals surface area contributed by atoms with Crippen LogP contribution < -0.4 is 5.73 Å². The highest BCUT2D eigenvalue weighted by Gasteiger charge is 2.39. The van der Waals surface area contributed by atoms with Crippen molar-refractivity contribution in [2.45, 2.75) is 31.0 Å². The number of benzene rings is 1. The number of hydroxylamine groups is 2. The van der Waals surface area contributed by atoms with Crippen LogP contribution in [0, 0.1) is 0 Å². The van der Waals surface area contributed by atoms with E-state index in [4.69, 9.17) is 10.6 Å². The van der Waals surface area contributed by atoms with Gasteiger partial charge < -0.3 is 20.9 Å². The number of aliphatic hydroxyl groups is 1. The molecule has 1 fully saturated rings. The molecule has 8 heteroatoms. The van der Waals surface area contributed by atoms with E-state index in [-0.39, 0.29) is 38.1 Å². The fourth-order valence-corrected chi connectivity index (χ4v) is 2.92. The van der Waals surface area contributed by atoms with Crippen molar-refractivity contribution in [3.63, 3.8) is 0 Å². The Hall–Kier alpha value is -2.29. The number of rotatable bonds is 3. The van der Waals surface area contributed by atoms with Crippen molar-refractivity contribution < 1.29 is 24.7 Å². The molecule has 1 amide bonds. The number of carbonyl (C=O) groups excluding carboxylic acids is 2. The molecule has 2 aliphatic rings. The first-order valence-corrected chi connectivity index (χ1v) is 7.72. The summed E-state index contributed by atoms with van der Waals surface area (Å²) >= 11 is 0. The maximum Gasteiger partial charge on any atom is 0.261 e. The van der Waals surface area contributed by atoms with Crippen molar-refractivity contribution in [1.82, 2.24) is 5.06 Å². The van der Waals surface area contributed by atoms with Gasteiger partial charge in [-0.1, -0.05) is 29.4 Å². The summed E-state index contributed by atoms with van der Waals surface area (Å²) in [5.74, 6) is -0.889. The minimum Gasteiger partial charge on any atom is -0.382 e. The lowest BCUT2D eigenvalue weighted by Gasteiger charge is -2.25. The Morgan fingerprint density at radius 3 is 2.67 bits per heavy atom. The van der Waals surface area contributed by atoms with Gasteiger partial charge >= 0.3 is 0 Å². The normalized spacial score (nSPS) is 28.2.